The van der Waals surface area contributed by atoms with Crippen molar-refractivity contribution in [3.63, 3.8) is 0 Å². The highest BCUT2D eigenvalue weighted by molar-refractivity contribution is 7.89. The summed E-state index contributed by atoms with van der Waals surface area (Å²) in [5, 5.41) is 9.37. The zero-order valence-electron chi connectivity index (χ0n) is 12.0. The number of hydrogen-bond acceptors (Lipinski definition) is 4. The first kappa shape index (κ1) is 15.8. The summed E-state index contributed by atoms with van der Waals surface area (Å²) in [5.74, 6) is -1.11. The normalized spacial score (nSPS) is 16.0. The fraction of sp³-hybridized carbons (Fsp3) is 0.500. The first-order valence-electron chi connectivity index (χ1n) is 7.07. The van der Waals surface area contributed by atoms with Crippen LogP contribution in [0.4, 0.5) is 5.69 Å². The fourth-order valence-corrected chi connectivity index (χ4v) is 3.60. The second-order valence-corrected chi connectivity index (χ2v) is 6.80. The SMILES string of the molecule is CCNS(=O)(=O)c1ccc(N2CCCCC2)c(C(=O)O)c1. The number of nitrogens with zero attached hydrogens (tertiary/aromatic N) is 1. The van der Waals surface area contributed by atoms with Crippen molar-refractivity contribution in [1.82, 2.24) is 4.72 Å². The monoisotopic (exact) mass is 312 g/mol. The maximum atomic E-state index is 12.0. The molecule has 7 heteroatoms. The number of sulfonamides is 1. The van der Waals surface area contributed by atoms with Crippen molar-refractivity contribution >= 4 is 21.7 Å². The quantitative estimate of drug-likeness (QED) is 0.863. The van der Waals surface area contributed by atoms with Crippen molar-refractivity contribution in [1.29, 1.82) is 0 Å². The Morgan fingerprint density at radius 1 is 1.29 bits per heavy atom. The smallest absolute Gasteiger partial charge is 0.337 e. The third kappa shape index (κ3) is 3.54. The topological polar surface area (TPSA) is 86.7 Å². The van der Waals surface area contributed by atoms with Crippen molar-refractivity contribution in [2.45, 2.75) is 31.1 Å². The standard InChI is InChI=1S/C14H20N2O4S/c1-2-15-21(19,20)11-6-7-13(12(10-11)14(17)18)16-8-4-3-5-9-16/h6-7,10,15H,2-5,8-9H2,1H3,(H,17,18). The minimum absolute atomic E-state index is 0.0116. The van der Waals surface area contributed by atoms with Gasteiger partial charge in [-0.05, 0) is 37.5 Å². The highest BCUT2D eigenvalue weighted by Crippen LogP contribution is 2.27. The molecule has 1 aromatic rings. The van der Waals surface area contributed by atoms with Crippen LogP contribution in [0.1, 0.15) is 36.5 Å². The van der Waals surface area contributed by atoms with Gasteiger partial charge in [0.2, 0.25) is 10.0 Å². The zero-order chi connectivity index (χ0) is 15.5. The van der Waals surface area contributed by atoms with Gasteiger partial charge in [-0.2, -0.15) is 0 Å². The van der Waals surface area contributed by atoms with E-state index in [1.165, 1.54) is 12.1 Å². The number of benzene rings is 1. The van der Waals surface area contributed by atoms with Crippen molar-refractivity contribution in [3.05, 3.63) is 23.8 Å². The van der Waals surface area contributed by atoms with Crippen molar-refractivity contribution in [3.8, 4) is 0 Å². The molecule has 1 heterocycles. The number of anilines is 1. The summed E-state index contributed by atoms with van der Waals surface area (Å²) < 4.78 is 26.3. The molecule has 6 nitrogen and oxygen atoms in total. The molecule has 21 heavy (non-hydrogen) atoms. The third-order valence-corrected chi connectivity index (χ3v) is 5.08. The summed E-state index contributed by atoms with van der Waals surface area (Å²) in [6.07, 6.45) is 3.19. The molecule has 1 fully saturated rings. The molecule has 1 aromatic carbocycles. The summed E-state index contributed by atoms with van der Waals surface area (Å²) in [6, 6.07) is 4.30. The second-order valence-electron chi connectivity index (χ2n) is 5.03. The molecule has 0 aliphatic carbocycles. The van der Waals surface area contributed by atoms with Crippen LogP contribution in [0.15, 0.2) is 23.1 Å². The zero-order valence-corrected chi connectivity index (χ0v) is 12.8. The maximum Gasteiger partial charge on any atom is 0.337 e. The molecule has 0 spiro atoms. The number of piperidine rings is 1. The van der Waals surface area contributed by atoms with Gasteiger partial charge in [-0.15, -0.1) is 0 Å². The molecule has 0 aromatic heterocycles. The van der Waals surface area contributed by atoms with Crippen molar-refractivity contribution < 1.29 is 18.3 Å². The van der Waals surface area contributed by atoms with Gasteiger partial charge in [0.05, 0.1) is 16.1 Å². The van der Waals surface area contributed by atoms with E-state index in [1.54, 1.807) is 13.0 Å². The van der Waals surface area contributed by atoms with E-state index in [9.17, 15) is 18.3 Å². The van der Waals surface area contributed by atoms with Gasteiger partial charge in [0.1, 0.15) is 0 Å². The average Bonchev–Trinajstić information content (AvgIpc) is 2.47. The lowest BCUT2D eigenvalue weighted by molar-refractivity contribution is 0.0697. The van der Waals surface area contributed by atoms with Gasteiger partial charge in [0, 0.05) is 19.6 Å². The van der Waals surface area contributed by atoms with Crippen molar-refractivity contribution in [2.75, 3.05) is 24.5 Å². The molecule has 1 saturated heterocycles. The predicted octanol–water partition coefficient (Wildman–Crippen LogP) is 1.67. The van der Waals surface area contributed by atoms with E-state index < -0.39 is 16.0 Å². The molecule has 0 unspecified atom stereocenters. The highest BCUT2D eigenvalue weighted by Gasteiger charge is 2.22. The van der Waals surface area contributed by atoms with E-state index in [4.69, 9.17) is 0 Å². The summed E-state index contributed by atoms with van der Waals surface area (Å²) in [6.45, 7) is 3.55. The molecule has 1 aliphatic rings. The van der Waals surface area contributed by atoms with Crippen LogP contribution in [0, 0.1) is 0 Å². The molecule has 1 aliphatic heterocycles. The first-order valence-corrected chi connectivity index (χ1v) is 8.56. The van der Waals surface area contributed by atoms with Gasteiger partial charge in [-0.3, -0.25) is 0 Å². The van der Waals surface area contributed by atoms with Crippen LogP contribution in [0.25, 0.3) is 0 Å². The Hall–Kier alpha value is -1.60. The lowest BCUT2D eigenvalue weighted by Gasteiger charge is -2.30. The van der Waals surface area contributed by atoms with Gasteiger partial charge in [-0.1, -0.05) is 6.92 Å². The largest absolute Gasteiger partial charge is 0.478 e. The van der Waals surface area contributed by atoms with E-state index in [0.717, 1.165) is 32.4 Å². The summed E-state index contributed by atoms with van der Waals surface area (Å²) in [4.78, 5) is 13.5. The molecule has 2 rings (SSSR count). The lowest BCUT2D eigenvalue weighted by atomic mass is 10.1. The Morgan fingerprint density at radius 3 is 2.52 bits per heavy atom. The summed E-state index contributed by atoms with van der Waals surface area (Å²) in [5.41, 5.74) is 0.633. The molecule has 2 N–H and O–H groups in total. The molecule has 0 saturated carbocycles. The number of hydrogen-bond donors (Lipinski definition) is 2. The van der Waals surface area contributed by atoms with Crippen molar-refractivity contribution in [2.24, 2.45) is 0 Å². The number of carboxylic acids is 1. The number of carbonyl (C=O) groups is 1. The van der Waals surface area contributed by atoms with E-state index in [1.807, 2.05) is 4.90 Å². The lowest BCUT2D eigenvalue weighted by Crippen LogP contribution is -2.31. The van der Waals surface area contributed by atoms with Crippen LogP contribution in [-0.4, -0.2) is 39.1 Å². The first-order chi connectivity index (χ1) is 9.95. The van der Waals surface area contributed by atoms with Gasteiger partial charge >= 0.3 is 5.97 Å². The molecular formula is C14H20N2O4S. The Bertz CT molecular complexity index is 622. The molecule has 0 amide bonds. The number of nitrogens with one attached hydrogen (secondary N) is 1. The molecule has 0 bridgehead atoms. The molecule has 116 valence electrons. The van der Waals surface area contributed by atoms with Crippen LogP contribution in [0.3, 0.4) is 0 Å². The Balaban J connectivity index is 2.42. The molecular weight excluding hydrogens is 292 g/mol. The van der Waals surface area contributed by atoms with E-state index in [-0.39, 0.29) is 17.0 Å². The fourth-order valence-electron chi connectivity index (χ4n) is 2.54. The third-order valence-electron chi connectivity index (χ3n) is 3.54. The minimum atomic E-state index is -3.65. The molecule has 0 radical (unpaired) electrons. The van der Waals surface area contributed by atoms with Crippen LogP contribution >= 0.6 is 0 Å². The average molecular weight is 312 g/mol. The van der Waals surface area contributed by atoms with Crippen LogP contribution in [0.2, 0.25) is 0 Å². The van der Waals surface area contributed by atoms with Gasteiger partial charge in [-0.25, -0.2) is 17.9 Å². The van der Waals surface area contributed by atoms with Gasteiger partial charge in [0.25, 0.3) is 0 Å². The Morgan fingerprint density at radius 2 is 1.95 bits per heavy atom. The highest BCUT2D eigenvalue weighted by atomic mass is 32.2. The van der Waals surface area contributed by atoms with Crippen LogP contribution in [-0.2, 0) is 10.0 Å². The van der Waals surface area contributed by atoms with Gasteiger partial charge < -0.3 is 10.0 Å². The number of carboxylic acid groups (broad SMARTS) is 1. The number of rotatable bonds is 5. The van der Waals surface area contributed by atoms with E-state index >= 15 is 0 Å². The Labute approximate surface area is 124 Å². The van der Waals surface area contributed by atoms with E-state index in [0.29, 0.717) is 5.69 Å². The van der Waals surface area contributed by atoms with Crippen LogP contribution in [0.5, 0.6) is 0 Å². The van der Waals surface area contributed by atoms with Crippen LogP contribution < -0.4 is 9.62 Å². The van der Waals surface area contributed by atoms with E-state index in [2.05, 4.69) is 4.72 Å². The second kappa shape index (κ2) is 6.44. The van der Waals surface area contributed by atoms with Gasteiger partial charge in [0.15, 0.2) is 0 Å². The molecule has 0 atom stereocenters. The summed E-state index contributed by atoms with van der Waals surface area (Å²) >= 11 is 0. The predicted molar refractivity (Wildman–Crippen MR) is 80.3 cm³/mol. The number of aromatic carboxylic acids is 1. The minimum Gasteiger partial charge on any atom is -0.478 e. The Kier molecular flexibility index (Phi) is 4.84. The maximum absolute atomic E-state index is 12.0. The summed E-state index contributed by atoms with van der Waals surface area (Å²) in [7, 11) is -3.65.